The van der Waals surface area contributed by atoms with Crippen LogP contribution in [0.25, 0.3) is 0 Å². The molecule has 0 saturated carbocycles. The second kappa shape index (κ2) is 6.86. The number of hydrogen-bond donors (Lipinski definition) is 0. The predicted octanol–water partition coefficient (Wildman–Crippen LogP) is 5.33. The monoisotopic (exact) mass is 326 g/mol. The molecule has 0 fully saturated rings. The van der Waals surface area contributed by atoms with Crippen molar-refractivity contribution in [2.75, 3.05) is 0 Å². The molecule has 0 nitrogen and oxygen atoms in total. The third-order valence-electron chi connectivity index (χ3n) is 1.56. The van der Waals surface area contributed by atoms with E-state index in [1.54, 1.807) is 0 Å². The first-order chi connectivity index (χ1) is 6.15. The van der Waals surface area contributed by atoms with Gasteiger partial charge in [-0.2, -0.15) is 0 Å². The maximum Gasteiger partial charge on any atom is 0.0420 e. The largest absolute Gasteiger partial charge is 0.0876 e. The van der Waals surface area contributed by atoms with Crippen molar-refractivity contribution in [1.29, 1.82) is 0 Å². The van der Waals surface area contributed by atoms with E-state index in [2.05, 4.69) is 38.8 Å². The van der Waals surface area contributed by atoms with Gasteiger partial charge in [-0.3, -0.25) is 0 Å². The van der Waals surface area contributed by atoms with E-state index in [4.69, 9.17) is 11.6 Å². The van der Waals surface area contributed by atoms with Crippen molar-refractivity contribution < 1.29 is 0 Å². The van der Waals surface area contributed by atoms with Gasteiger partial charge in [-0.15, -0.1) is 0 Å². The first kappa shape index (κ1) is 13.5. The van der Waals surface area contributed by atoms with Gasteiger partial charge in [0.2, 0.25) is 0 Å². The smallest absolute Gasteiger partial charge is 0.0420 e. The Kier molecular flexibility index (Phi) is 7.10. The summed E-state index contributed by atoms with van der Waals surface area (Å²) in [5.74, 6) is 0. The Balaban J connectivity index is 0.000000671. The summed E-state index contributed by atoms with van der Waals surface area (Å²) in [7, 11) is 0. The van der Waals surface area contributed by atoms with E-state index in [1.165, 1.54) is 11.1 Å². The fourth-order valence-electron chi connectivity index (χ4n) is 0.838. The molecular weight excluding hydrogens is 315 g/mol. The third kappa shape index (κ3) is 4.01. The van der Waals surface area contributed by atoms with Crippen LogP contribution in [0.3, 0.4) is 0 Å². The van der Waals surface area contributed by atoms with Crippen molar-refractivity contribution in [1.82, 2.24) is 0 Å². The molecule has 1 rings (SSSR count). The van der Waals surface area contributed by atoms with Crippen molar-refractivity contribution in [3.05, 3.63) is 32.8 Å². The summed E-state index contributed by atoms with van der Waals surface area (Å²) >= 11 is 12.7. The second-order valence-corrected chi connectivity index (χ2v) is 4.16. The van der Waals surface area contributed by atoms with Crippen LogP contribution in [0.4, 0.5) is 0 Å². The molecule has 0 N–H and O–H groups in total. The van der Waals surface area contributed by atoms with Crippen LogP contribution in [0.15, 0.2) is 16.6 Å². The first-order valence-electron chi connectivity index (χ1n) is 4.15. The standard InChI is InChI=1S/C8H7Br2Cl.C2H6/c1-5-6(4-9)2-7(11)3-8(5)10;1-2/h2-3H,4H2,1H3;1-2H3. The zero-order chi connectivity index (χ0) is 10.4. The normalized spacial score (nSPS) is 9.08. The molecule has 74 valence electrons. The summed E-state index contributed by atoms with van der Waals surface area (Å²) in [6, 6.07) is 3.87. The summed E-state index contributed by atoms with van der Waals surface area (Å²) in [4.78, 5) is 0. The molecule has 0 unspecified atom stereocenters. The fraction of sp³-hybridized carbons (Fsp3) is 0.400. The van der Waals surface area contributed by atoms with Crippen LogP contribution >= 0.6 is 43.5 Å². The molecule has 0 aliphatic carbocycles. The lowest BCUT2D eigenvalue weighted by Gasteiger charge is -2.04. The SMILES string of the molecule is CC.Cc1c(Br)cc(Cl)cc1CBr. The van der Waals surface area contributed by atoms with E-state index in [1.807, 2.05) is 26.0 Å². The minimum atomic E-state index is 0.775. The lowest BCUT2D eigenvalue weighted by molar-refractivity contribution is 1.30. The molecule has 1 aromatic carbocycles. The Morgan fingerprint density at radius 3 is 2.31 bits per heavy atom. The van der Waals surface area contributed by atoms with Gasteiger partial charge in [0.1, 0.15) is 0 Å². The van der Waals surface area contributed by atoms with E-state index in [-0.39, 0.29) is 0 Å². The lowest BCUT2D eigenvalue weighted by atomic mass is 10.1. The van der Waals surface area contributed by atoms with Gasteiger partial charge in [0.15, 0.2) is 0 Å². The molecule has 0 bridgehead atoms. The molecule has 3 heteroatoms. The molecule has 0 aromatic heterocycles. The molecule has 1 aromatic rings. The summed E-state index contributed by atoms with van der Waals surface area (Å²) in [6.45, 7) is 6.07. The Morgan fingerprint density at radius 1 is 1.31 bits per heavy atom. The Bertz CT molecular complexity index is 272. The van der Waals surface area contributed by atoms with Crippen molar-refractivity contribution in [2.24, 2.45) is 0 Å². The molecule has 0 atom stereocenters. The van der Waals surface area contributed by atoms with Crippen LogP contribution in [0.2, 0.25) is 5.02 Å². The number of halogens is 3. The van der Waals surface area contributed by atoms with Gasteiger partial charge in [-0.25, -0.2) is 0 Å². The van der Waals surface area contributed by atoms with E-state index in [9.17, 15) is 0 Å². The molecule has 0 heterocycles. The number of rotatable bonds is 1. The molecule has 0 saturated heterocycles. The van der Waals surface area contributed by atoms with Crippen LogP contribution in [0.5, 0.6) is 0 Å². The predicted molar refractivity (Wildman–Crippen MR) is 67.9 cm³/mol. The molecule has 0 aliphatic heterocycles. The van der Waals surface area contributed by atoms with Crippen molar-refractivity contribution in [3.8, 4) is 0 Å². The summed E-state index contributed by atoms with van der Waals surface area (Å²) in [5, 5.41) is 1.62. The highest BCUT2D eigenvalue weighted by Gasteiger charge is 2.02. The summed E-state index contributed by atoms with van der Waals surface area (Å²) in [6.07, 6.45) is 0. The van der Waals surface area contributed by atoms with E-state index in [0.717, 1.165) is 14.8 Å². The van der Waals surface area contributed by atoms with Crippen LogP contribution < -0.4 is 0 Å². The quantitative estimate of drug-likeness (QED) is 0.611. The highest BCUT2D eigenvalue weighted by atomic mass is 79.9. The maximum atomic E-state index is 5.85. The van der Waals surface area contributed by atoms with Gasteiger partial charge in [-0.05, 0) is 30.2 Å². The third-order valence-corrected chi connectivity index (χ3v) is 3.21. The highest BCUT2D eigenvalue weighted by molar-refractivity contribution is 9.10. The molecule has 0 spiro atoms. The van der Waals surface area contributed by atoms with Gasteiger partial charge in [-0.1, -0.05) is 57.3 Å². The second-order valence-electron chi connectivity index (χ2n) is 2.31. The average molecular weight is 328 g/mol. The summed E-state index contributed by atoms with van der Waals surface area (Å²) in [5.41, 5.74) is 2.47. The fourth-order valence-corrected chi connectivity index (χ4v) is 2.29. The van der Waals surface area contributed by atoms with Crippen LogP contribution in [-0.4, -0.2) is 0 Å². The zero-order valence-corrected chi connectivity index (χ0v) is 11.9. The molecule has 0 aliphatic rings. The van der Waals surface area contributed by atoms with Crippen molar-refractivity contribution in [3.63, 3.8) is 0 Å². The van der Waals surface area contributed by atoms with Gasteiger partial charge in [0.25, 0.3) is 0 Å². The molecule has 13 heavy (non-hydrogen) atoms. The first-order valence-corrected chi connectivity index (χ1v) is 6.45. The van der Waals surface area contributed by atoms with E-state index < -0.39 is 0 Å². The van der Waals surface area contributed by atoms with E-state index >= 15 is 0 Å². The molecule has 0 radical (unpaired) electrons. The number of hydrogen-bond acceptors (Lipinski definition) is 0. The summed E-state index contributed by atoms with van der Waals surface area (Å²) < 4.78 is 1.07. The van der Waals surface area contributed by atoms with Crippen LogP contribution in [0.1, 0.15) is 25.0 Å². The zero-order valence-electron chi connectivity index (χ0n) is 8.00. The van der Waals surface area contributed by atoms with Crippen molar-refractivity contribution in [2.45, 2.75) is 26.1 Å². The Hall–Kier alpha value is 0.470. The average Bonchev–Trinajstić information content (AvgIpc) is 2.14. The van der Waals surface area contributed by atoms with E-state index in [0.29, 0.717) is 0 Å². The molecular formula is C10H13Br2Cl. The van der Waals surface area contributed by atoms with Gasteiger partial charge in [0.05, 0.1) is 0 Å². The highest BCUT2D eigenvalue weighted by Crippen LogP contribution is 2.26. The minimum absolute atomic E-state index is 0.775. The molecule has 0 amide bonds. The van der Waals surface area contributed by atoms with Crippen LogP contribution in [-0.2, 0) is 5.33 Å². The number of benzene rings is 1. The minimum Gasteiger partial charge on any atom is -0.0876 e. The van der Waals surface area contributed by atoms with Crippen LogP contribution in [0, 0.1) is 6.92 Å². The topological polar surface area (TPSA) is 0 Å². The number of alkyl halides is 1. The van der Waals surface area contributed by atoms with Crippen molar-refractivity contribution >= 4 is 43.5 Å². The Morgan fingerprint density at radius 2 is 1.85 bits per heavy atom. The van der Waals surface area contributed by atoms with Gasteiger partial charge >= 0.3 is 0 Å². The Labute approximate surface area is 102 Å². The lowest BCUT2D eigenvalue weighted by Crippen LogP contribution is -1.85. The van der Waals surface area contributed by atoms with Gasteiger partial charge < -0.3 is 0 Å². The van der Waals surface area contributed by atoms with Gasteiger partial charge in [0, 0.05) is 14.8 Å². The maximum absolute atomic E-state index is 5.85.